The number of likely N-dealkylation sites (tertiary alicyclic amines) is 2. The number of para-hydroxylation sites is 1. The van der Waals surface area contributed by atoms with Crippen LogP contribution < -0.4 is 5.32 Å². The quantitative estimate of drug-likeness (QED) is 0.537. The summed E-state index contributed by atoms with van der Waals surface area (Å²) in [4.78, 5) is 22.5. The molecule has 2 fully saturated rings. The molecule has 7 heteroatoms. The lowest BCUT2D eigenvalue weighted by Gasteiger charge is -2.43. The van der Waals surface area contributed by atoms with E-state index in [2.05, 4.69) is 39.5 Å². The van der Waals surface area contributed by atoms with Gasteiger partial charge >= 0.3 is 0 Å². The van der Waals surface area contributed by atoms with Crippen LogP contribution in [0.25, 0.3) is 0 Å². The van der Waals surface area contributed by atoms with Crippen molar-refractivity contribution in [1.82, 2.24) is 14.8 Å². The van der Waals surface area contributed by atoms with E-state index in [1.165, 1.54) is 31.5 Å². The van der Waals surface area contributed by atoms with E-state index in [0.29, 0.717) is 13.1 Å². The van der Waals surface area contributed by atoms with Crippen LogP contribution in [0.5, 0.6) is 0 Å². The number of amides is 1. The highest BCUT2D eigenvalue weighted by atomic mass is 16.5. The zero-order valence-corrected chi connectivity index (χ0v) is 21.5. The fourth-order valence-electron chi connectivity index (χ4n) is 6.11. The molecule has 1 N–H and O–H groups in total. The number of rotatable bonds is 9. The predicted octanol–water partition coefficient (Wildman–Crippen LogP) is 3.84. The molecule has 1 aromatic carbocycles. The first-order chi connectivity index (χ1) is 17.7. The van der Waals surface area contributed by atoms with Gasteiger partial charge < -0.3 is 24.6 Å². The third-order valence-corrected chi connectivity index (χ3v) is 8.21. The molecule has 7 nitrogen and oxygen atoms in total. The summed E-state index contributed by atoms with van der Waals surface area (Å²) in [6.45, 7) is 5.57. The average molecular weight is 493 g/mol. The molecule has 0 bridgehead atoms. The van der Waals surface area contributed by atoms with E-state index in [1.54, 1.807) is 7.11 Å². The zero-order valence-electron chi connectivity index (χ0n) is 21.5. The lowest BCUT2D eigenvalue weighted by molar-refractivity contribution is -0.150. The van der Waals surface area contributed by atoms with Gasteiger partial charge in [0.05, 0.1) is 11.6 Å². The Morgan fingerprint density at radius 2 is 1.94 bits per heavy atom. The van der Waals surface area contributed by atoms with E-state index in [0.717, 1.165) is 56.5 Å². The zero-order chi connectivity index (χ0) is 24.8. The molecule has 36 heavy (non-hydrogen) atoms. The standard InChI is InChI=1S/C29H40N4O3/c1-35-27(26-12-11-23-8-2-3-10-25(23)31-26)28(34)33-19-13-29(14-20-33,24-9-6-15-30-22-24)36-21-7-18-32-16-4-5-17-32/h2-3,6,8-10,15,22,26-27,31H,4-5,7,11-14,16-21H2,1H3. The Morgan fingerprint density at radius 1 is 1.14 bits per heavy atom. The maximum absolute atomic E-state index is 13.6. The van der Waals surface area contributed by atoms with Crippen molar-refractivity contribution < 1.29 is 14.3 Å². The molecule has 2 unspecified atom stereocenters. The number of hydrogen-bond acceptors (Lipinski definition) is 6. The van der Waals surface area contributed by atoms with Crippen LogP contribution in [-0.2, 0) is 26.3 Å². The normalized spacial score (nSPS) is 22.6. The third kappa shape index (κ3) is 5.58. The minimum atomic E-state index is -0.495. The molecule has 1 aromatic heterocycles. The number of fused-ring (bicyclic) bond motifs is 1. The lowest BCUT2D eigenvalue weighted by Crippen LogP contribution is -2.54. The number of anilines is 1. The molecular formula is C29H40N4O3. The molecule has 2 atom stereocenters. The molecule has 3 aliphatic rings. The largest absolute Gasteiger partial charge is 0.379 e. The molecule has 4 heterocycles. The van der Waals surface area contributed by atoms with Crippen LogP contribution in [0.15, 0.2) is 48.8 Å². The topological polar surface area (TPSA) is 66.9 Å². The second-order valence-corrected chi connectivity index (χ2v) is 10.4. The van der Waals surface area contributed by atoms with Gasteiger partial charge in [-0.2, -0.15) is 0 Å². The molecule has 2 saturated heterocycles. The Morgan fingerprint density at radius 3 is 2.69 bits per heavy atom. The fourth-order valence-corrected chi connectivity index (χ4v) is 6.11. The van der Waals surface area contributed by atoms with Crippen molar-refractivity contribution in [3.05, 3.63) is 59.9 Å². The molecule has 3 aliphatic heterocycles. The van der Waals surface area contributed by atoms with Crippen molar-refractivity contribution in [2.24, 2.45) is 0 Å². The SMILES string of the molecule is COC(C(=O)N1CCC(OCCCN2CCCC2)(c2cccnc2)CC1)C1CCc2ccccc2N1. The smallest absolute Gasteiger partial charge is 0.253 e. The van der Waals surface area contributed by atoms with E-state index in [-0.39, 0.29) is 17.6 Å². The van der Waals surface area contributed by atoms with Crippen LogP contribution >= 0.6 is 0 Å². The summed E-state index contributed by atoms with van der Waals surface area (Å²) in [7, 11) is 1.65. The number of aryl methyl sites for hydroxylation is 1. The Bertz CT molecular complexity index is 987. The highest BCUT2D eigenvalue weighted by Gasteiger charge is 2.41. The maximum Gasteiger partial charge on any atom is 0.253 e. The van der Waals surface area contributed by atoms with Gasteiger partial charge in [0.1, 0.15) is 0 Å². The number of benzene rings is 1. The fraction of sp³-hybridized carbons (Fsp3) is 0.586. The van der Waals surface area contributed by atoms with Gasteiger partial charge in [0.2, 0.25) is 0 Å². The first kappa shape index (κ1) is 25.2. The summed E-state index contributed by atoms with van der Waals surface area (Å²) in [5.41, 5.74) is 3.14. The number of carbonyl (C=O) groups excluding carboxylic acids is 1. The second-order valence-electron chi connectivity index (χ2n) is 10.4. The van der Waals surface area contributed by atoms with Crippen LogP contribution in [0, 0.1) is 0 Å². The van der Waals surface area contributed by atoms with Gasteiger partial charge in [-0.25, -0.2) is 0 Å². The Balaban J connectivity index is 1.21. The van der Waals surface area contributed by atoms with E-state index in [4.69, 9.17) is 9.47 Å². The van der Waals surface area contributed by atoms with Crippen molar-refractivity contribution in [2.45, 2.75) is 62.7 Å². The van der Waals surface area contributed by atoms with Crippen LogP contribution in [0.1, 0.15) is 49.7 Å². The molecule has 5 rings (SSSR count). The summed E-state index contributed by atoms with van der Waals surface area (Å²) in [5, 5.41) is 3.56. The van der Waals surface area contributed by atoms with Gasteiger partial charge in [0.25, 0.3) is 5.91 Å². The van der Waals surface area contributed by atoms with E-state index >= 15 is 0 Å². The molecule has 0 saturated carbocycles. The average Bonchev–Trinajstić information content (AvgIpc) is 3.46. The van der Waals surface area contributed by atoms with E-state index < -0.39 is 6.10 Å². The van der Waals surface area contributed by atoms with Gasteiger partial charge in [0.15, 0.2) is 6.10 Å². The van der Waals surface area contributed by atoms with Crippen molar-refractivity contribution >= 4 is 11.6 Å². The number of ether oxygens (including phenoxy) is 2. The Labute approximate surface area is 215 Å². The Kier molecular flexibility index (Phi) is 8.19. The van der Waals surface area contributed by atoms with E-state index in [9.17, 15) is 4.79 Å². The van der Waals surface area contributed by atoms with Crippen molar-refractivity contribution in [2.75, 3.05) is 51.8 Å². The minimum Gasteiger partial charge on any atom is -0.379 e. The maximum atomic E-state index is 13.6. The van der Waals surface area contributed by atoms with Gasteiger partial charge in [-0.15, -0.1) is 0 Å². The van der Waals surface area contributed by atoms with Crippen LogP contribution in [0.4, 0.5) is 5.69 Å². The lowest BCUT2D eigenvalue weighted by atomic mass is 9.84. The number of pyridine rings is 1. The van der Waals surface area contributed by atoms with E-state index in [1.807, 2.05) is 29.4 Å². The number of hydrogen-bond donors (Lipinski definition) is 1. The summed E-state index contributed by atoms with van der Waals surface area (Å²) in [5.74, 6) is 0.0724. The molecule has 0 spiro atoms. The molecule has 1 amide bonds. The number of nitrogens with zero attached hydrogens (tertiary/aromatic N) is 3. The summed E-state index contributed by atoms with van der Waals surface area (Å²) < 4.78 is 12.4. The monoisotopic (exact) mass is 492 g/mol. The van der Waals surface area contributed by atoms with Gasteiger partial charge in [-0.3, -0.25) is 9.78 Å². The summed E-state index contributed by atoms with van der Waals surface area (Å²) in [6, 6.07) is 12.4. The van der Waals surface area contributed by atoms with Crippen molar-refractivity contribution in [3.63, 3.8) is 0 Å². The number of nitrogens with one attached hydrogen (secondary N) is 1. The number of piperidine rings is 1. The third-order valence-electron chi connectivity index (χ3n) is 8.21. The number of aromatic nitrogens is 1. The molecule has 194 valence electrons. The molecular weight excluding hydrogens is 452 g/mol. The molecule has 0 aliphatic carbocycles. The molecule has 2 aromatic rings. The molecule has 0 radical (unpaired) electrons. The minimum absolute atomic E-state index is 0.0238. The van der Waals surface area contributed by atoms with Crippen LogP contribution in [-0.4, -0.2) is 79.3 Å². The van der Waals surface area contributed by atoms with Crippen LogP contribution in [0.2, 0.25) is 0 Å². The van der Waals surface area contributed by atoms with Gasteiger partial charge in [0, 0.05) is 57.0 Å². The highest BCUT2D eigenvalue weighted by molar-refractivity contribution is 5.82. The number of carbonyl (C=O) groups is 1. The van der Waals surface area contributed by atoms with Gasteiger partial charge in [-0.05, 0) is 75.7 Å². The predicted molar refractivity (Wildman–Crippen MR) is 141 cm³/mol. The second kappa shape index (κ2) is 11.7. The Hall–Kier alpha value is -2.48. The first-order valence-corrected chi connectivity index (χ1v) is 13.6. The first-order valence-electron chi connectivity index (χ1n) is 13.6. The van der Waals surface area contributed by atoms with Crippen molar-refractivity contribution in [1.29, 1.82) is 0 Å². The van der Waals surface area contributed by atoms with Gasteiger partial charge in [-0.1, -0.05) is 24.3 Å². The highest BCUT2D eigenvalue weighted by Crippen LogP contribution is 2.37. The summed E-state index contributed by atoms with van der Waals surface area (Å²) >= 11 is 0. The van der Waals surface area contributed by atoms with Crippen LogP contribution in [0.3, 0.4) is 0 Å². The summed E-state index contributed by atoms with van der Waals surface area (Å²) in [6.07, 6.45) is 10.3. The number of methoxy groups -OCH3 is 1. The van der Waals surface area contributed by atoms with Crippen molar-refractivity contribution in [3.8, 4) is 0 Å².